The summed E-state index contributed by atoms with van der Waals surface area (Å²) in [6.45, 7) is 1.92. The van der Waals surface area contributed by atoms with E-state index in [4.69, 9.17) is 0 Å². The number of nitrogens with zero attached hydrogens (tertiary/aromatic N) is 2. The van der Waals surface area contributed by atoms with E-state index in [1.807, 2.05) is 31.2 Å². The Hall–Kier alpha value is -1.69. The topological polar surface area (TPSA) is 70.7 Å². The molecule has 0 saturated carbocycles. The van der Waals surface area contributed by atoms with Crippen LogP contribution in [0.5, 0.6) is 0 Å². The lowest BCUT2D eigenvalue weighted by Gasteiger charge is -2.13. The number of aromatic nitrogens is 3. The monoisotopic (exact) mass is 294 g/mol. The minimum absolute atomic E-state index is 0.0766. The Morgan fingerprint density at radius 1 is 1.41 bits per heavy atom. The number of nitrogens with one attached hydrogen (secondary N) is 2. The van der Waals surface area contributed by atoms with Crippen LogP contribution in [0, 0.1) is 0 Å². The van der Waals surface area contributed by atoms with Crippen molar-refractivity contribution in [3.05, 3.63) is 46.2 Å². The number of benzene rings is 1. The van der Waals surface area contributed by atoms with Gasteiger partial charge >= 0.3 is 0 Å². The molecule has 1 atom stereocenters. The third-order valence-corrected chi connectivity index (χ3v) is 2.89. The van der Waals surface area contributed by atoms with E-state index in [1.165, 1.54) is 6.20 Å². The van der Waals surface area contributed by atoms with Crippen molar-refractivity contribution in [3.8, 4) is 0 Å². The number of H-pyrrole nitrogens is 1. The molecule has 17 heavy (non-hydrogen) atoms. The van der Waals surface area contributed by atoms with Crippen molar-refractivity contribution in [2.24, 2.45) is 0 Å². The first kappa shape index (κ1) is 11.8. The molecule has 2 aromatic rings. The Morgan fingerprint density at radius 2 is 2.12 bits per heavy atom. The standard InChI is InChI=1S/C11H11BrN4O/c1-7(8-2-4-9(12)5-3-8)14-11(17)10-6-13-16-15-10/h2-7H,1H3,(H,14,17)(H,13,15,16)/t7-/m1/s1. The quantitative estimate of drug-likeness (QED) is 0.910. The first-order chi connectivity index (χ1) is 8.16. The second-order valence-electron chi connectivity index (χ2n) is 3.60. The van der Waals surface area contributed by atoms with Crippen LogP contribution in [0.4, 0.5) is 0 Å². The molecule has 1 amide bonds. The zero-order chi connectivity index (χ0) is 12.3. The number of halogens is 1. The molecule has 5 nitrogen and oxygen atoms in total. The van der Waals surface area contributed by atoms with Crippen LogP contribution in [0.15, 0.2) is 34.9 Å². The predicted molar refractivity (Wildman–Crippen MR) is 66.4 cm³/mol. The molecule has 0 saturated heterocycles. The van der Waals surface area contributed by atoms with E-state index in [0.717, 1.165) is 10.0 Å². The van der Waals surface area contributed by atoms with Crippen LogP contribution in [-0.2, 0) is 0 Å². The molecule has 0 unspecified atom stereocenters. The van der Waals surface area contributed by atoms with Gasteiger partial charge in [0, 0.05) is 4.47 Å². The summed E-state index contributed by atoms with van der Waals surface area (Å²) in [6.07, 6.45) is 1.39. The highest BCUT2D eigenvalue weighted by atomic mass is 79.9. The minimum Gasteiger partial charge on any atom is -0.344 e. The van der Waals surface area contributed by atoms with Crippen LogP contribution in [0.1, 0.15) is 29.0 Å². The molecule has 0 fully saturated rings. The molecule has 1 heterocycles. The zero-order valence-electron chi connectivity index (χ0n) is 9.14. The van der Waals surface area contributed by atoms with Crippen molar-refractivity contribution < 1.29 is 4.79 Å². The Morgan fingerprint density at radius 3 is 2.71 bits per heavy atom. The van der Waals surface area contributed by atoms with Gasteiger partial charge in [-0.15, -0.1) is 0 Å². The van der Waals surface area contributed by atoms with E-state index >= 15 is 0 Å². The summed E-state index contributed by atoms with van der Waals surface area (Å²) in [5, 5.41) is 12.6. The first-order valence-corrected chi connectivity index (χ1v) is 5.88. The van der Waals surface area contributed by atoms with Gasteiger partial charge in [0.2, 0.25) is 0 Å². The molecule has 1 aromatic heterocycles. The summed E-state index contributed by atoms with van der Waals surface area (Å²) in [5.74, 6) is -0.242. The number of carbonyl (C=O) groups is 1. The van der Waals surface area contributed by atoms with Gasteiger partial charge in [-0.3, -0.25) is 4.79 Å². The number of amides is 1. The Bertz CT molecular complexity index is 495. The van der Waals surface area contributed by atoms with Crippen LogP contribution in [0.3, 0.4) is 0 Å². The zero-order valence-corrected chi connectivity index (χ0v) is 10.7. The maximum Gasteiger partial charge on any atom is 0.273 e. The SMILES string of the molecule is C[C@@H](NC(=O)c1cn[nH]n1)c1ccc(Br)cc1. The largest absolute Gasteiger partial charge is 0.344 e. The summed E-state index contributed by atoms with van der Waals surface area (Å²) < 4.78 is 1.01. The van der Waals surface area contributed by atoms with E-state index in [1.54, 1.807) is 0 Å². The maximum atomic E-state index is 11.7. The summed E-state index contributed by atoms with van der Waals surface area (Å²) in [5.41, 5.74) is 1.32. The normalized spacial score (nSPS) is 12.1. The lowest BCUT2D eigenvalue weighted by molar-refractivity contribution is 0.0935. The minimum atomic E-state index is -0.242. The van der Waals surface area contributed by atoms with Gasteiger partial charge in [-0.1, -0.05) is 28.1 Å². The smallest absolute Gasteiger partial charge is 0.273 e. The summed E-state index contributed by atoms with van der Waals surface area (Å²) in [4.78, 5) is 11.7. The molecule has 0 aliphatic carbocycles. The fourth-order valence-electron chi connectivity index (χ4n) is 1.42. The third kappa shape index (κ3) is 2.91. The Labute approximate surface area is 107 Å². The fourth-order valence-corrected chi connectivity index (χ4v) is 1.68. The fraction of sp³-hybridized carbons (Fsp3) is 0.182. The van der Waals surface area contributed by atoms with Crippen molar-refractivity contribution >= 4 is 21.8 Å². The lowest BCUT2D eigenvalue weighted by atomic mass is 10.1. The molecule has 1 aromatic carbocycles. The highest BCUT2D eigenvalue weighted by Gasteiger charge is 2.13. The highest BCUT2D eigenvalue weighted by Crippen LogP contribution is 2.16. The van der Waals surface area contributed by atoms with Gasteiger partial charge in [-0.25, -0.2) is 0 Å². The number of hydrogen-bond acceptors (Lipinski definition) is 3. The Kier molecular flexibility index (Phi) is 3.53. The molecule has 0 aliphatic heterocycles. The molecule has 0 spiro atoms. The predicted octanol–water partition coefficient (Wildman–Crippen LogP) is 2.06. The van der Waals surface area contributed by atoms with Gasteiger partial charge in [-0.05, 0) is 24.6 Å². The van der Waals surface area contributed by atoms with Crippen LogP contribution in [0.2, 0.25) is 0 Å². The number of carbonyl (C=O) groups excluding carboxylic acids is 1. The molecule has 6 heteroatoms. The maximum absolute atomic E-state index is 11.7. The summed E-state index contributed by atoms with van der Waals surface area (Å²) in [7, 11) is 0. The number of hydrogen-bond donors (Lipinski definition) is 2. The van der Waals surface area contributed by atoms with Crippen molar-refractivity contribution in [3.63, 3.8) is 0 Å². The van der Waals surface area contributed by atoms with E-state index in [9.17, 15) is 4.79 Å². The van der Waals surface area contributed by atoms with Gasteiger partial charge in [0.1, 0.15) is 0 Å². The lowest BCUT2D eigenvalue weighted by Crippen LogP contribution is -2.26. The van der Waals surface area contributed by atoms with Gasteiger partial charge in [0.05, 0.1) is 12.2 Å². The van der Waals surface area contributed by atoms with Crippen molar-refractivity contribution in [2.75, 3.05) is 0 Å². The van der Waals surface area contributed by atoms with Crippen LogP contribution in [-0.4, -0.2) is 21.3 Å². The molecular formula is C11H11BrN4O. The van der Waals surface area contributed by atoms with Gasteiger partial charge in [0.25, 0.3) is 5.91 Å². The molecule has 0 radical (unpaired) electrons. The molecule has 2 N–H and O–H groups in total. The van der Waals surface area contributed by atoms with E-state index < -0.39 is 0 Å². The summed E-state index contributed by atoms with van der Waals surface area (Å²) >= 11 is 3.37. The van der Waals surface area contributed by atoms with E-state index in [-0.39, 0.29) is 17.6 Å². The van der Waals surface area contributed by atoms with Gasteiger partial charge < -0.3 is 5.32 Å². The second kappa shape index (κ2) is 5.09. The average molecular weight is 295 g/mol. The van der Waals surface area contributed by atoms with Crippen LogP contribution >= 0.6 is 15.9 Å². The molecule has 0 bridgehead atoms. The molecule has 2 rings (SSSR count). The summed E-state index contributed by atoms with van der Waals surface area (Å²) in [6, 6.07) is 7.71. The third-order valence-electron chi connectivity index (χ3n) is 2.37. The molecule has 88 valence electrons. The Balaban J connectivity index is 2.04. The van der Waals surface area contributed by atoms with Gasteiger partial charge in [-0.2, -0.15) is 15.4 Å². The van der Waals surface area contributed by atoms with E-state index in [2.05, 4.69) is 36.7 Å². The second-order valence-corrected chi connectivity index (χ2v) is 4.52. The van der Waals surface area contributed by atoms with Crippen molar-refractivity contribution in [2.45, 2.75) is 13.0 Å². The number of aromatic amines is 1. The van der Waals surface area contributed by atoms with Crippen LogP contribution < -0.4 is 5.32 Å². The number of rotatable bonds is 3. The van der Waals surface area contributed by atoms with Crippen LogP contribution in [0.25, 0.3) is 0 Å². The van der Waals surface area contributed by atoms with Crippen molar-refractivity contribution in [1.82, 2.24) is 20.7 Å². The van der Waals surface area contributed by atoms with Crippen molar-refractivity contribution in [1.29, 1.82) is 0 Å². The molecular weight excluding hydrogens is 284 g/mol. The van der Waals surface area contributed by atoms with E-state index in [0.29, 0.717) is 0 Å². The van der Waals surface area contributed by atoms with Gasteiger partial charge in [0.15, 0.2) is 5.69 Å². The first-order valence-electron chi connectivity index (χ1n) is 5.09. The highest BCUT2D eigenvalue weighted by molar-refractivity contribution is 9.10. The average Bonchev–Trinajstić information content (AvgIpc) is 2.83. The molecule has 0 aliphatic rings.